The maximum absolute atomic E-state index is 12.7. The Morgan fingerprint density at radius 2 is 2.13 bits per heavy atom. The van der Waals surface area contributed by atoms with E-state index in [1.54, 1.807) is 23.9 Å². The summed E-state index contributed by atoms with van der Waals surface area (Å²) < 4.78 is 3.20. The van der Waals surface area contributed by atoms with Crippen LogP contribution >= 0.6 is 0 Å². The van der Waals surface area contributed by atoms with Crippen molar-refractivity contribution < 1.29 is 4.79 Å². The maximum Gasteiger partial charge on any atom is 0.268 e. The third-order valence-electron chi connectivity index (χ3n) is 4.25. The van der Waals surface area contributed by atoms with Crippen molar-refractivity contribution in [1.29, 1.82) is 0 Å². The number of rotatable bonds is 3. The highest BCUT2D eigenvalue weighted by molar-refractivity contribution is 5.98. The first-order chi connectivity index (χ1) is 10.9. The molecule has 0 saturated heterocycles. The molecule has 3 rings (SSSR count). The molecule has 0 saturated carbocycles. The Labute approximate surface area is 133 Å². The minimum atomic E-state index is -0.190. The number of nitrogens with one attached hydrogen (secondary N) is 1. The van der Waals surface area contributed by atoms with E-state index >= 15 is 0 Å². The maximum atomic E-state index is 12.7. The zero-order valence-corrected chi connectivity index (χ0v) is 13.8. The Balaban J connectivity index is 2.24. The molecule has 0 aromatic carbocycles. The second-order valence-electron chi connectivity index (χ2n) is 5.91. The van der Waals surface area contributed by atoms with Crippen LogP contribution in [0.5, 0.6) is 0 Å². The quantitative estimate of drug-likeness (QED) is 0.804. The number of carbonyl (C=O) groups is 1. The minimum Gasteiger partial charge on any atom is -0.348 e. The Morgan fingerprint density at radius 1 is 1.39 bits per heavy atom. The lowest BCUT2D eigenvalue weighted by Crippen LogP contribution is -2.33. The van der Waals surface area contributed by atoms with E-state index in [0.717, 1.165) is 12.0 Å². The smallest absolute Gasteiger partial charge is 0.268 e. The molecular weight excluding hydrogens is 292 g/mol. The number of hydrogen-bond acceptors (Lipinski definition) is 3. The summed E-state index contributed by atoms with van der Waals surface area (Å²) >= 11 is 0. The van der Waals surface area contributed by atoms with Gasteiger partial charge in [0.25, 0.3) is 11.5 Å². The van der Waals surface area contributed by atoms with Crippen LogP contribution in [-0.4, -0.2) is 25.9 Å². The highest BCUT2D eigenvalue weighted by Crippen LogP contribution is 2.16. The molecule has 3 aromatic rings. The number of hydrogen-bond donors (Lipinski definition) is 1. The van der Waals surface area contributed by atoms with Crippen molar-refractivity contribution in [1.82, 2.24) is 19.3 Å². The van der Waals surface area contributed by atoms with Gasteiger partial charge in [-0.2, -0.15) is 0 Å². The molecule has 120 valence electrons. The molecule has 0 aliphatic carbocycles. The zero-order valence-electron chi connectivity index (χ0n) is 13.8. The first kappa shape index (κ1) is 15.3. The van der Waals surface area contributed by atoms with Crippen LogP contribution in [0.1, 0.15) is 36.3 Å². The number of carbonyl (C=O) groups excluding carboxylic acids is 1. The topological polar surface area (TPSA) is 68.4 Å². The van der Waals surface area contributed by atoms with Gasteiger partial charge in [0.05, 0.1) is 5.39 Å². The molecule has 3 heterocycles. The summed E-state index contributed by atoms with van der Waals surface area (Å²) in [5, 5.41) is 3.37. The van der Waals surface area contributed by atoms with Crippen molar-refractivity contribution in [3.05, 3.63) is 46.0 Å². The minimum absolute atomic E-state index is 0.0795. The Kier molecular flexibility index (Phi) is 3.67. The zero-order chi connectivity index (χ0) is 16.7. The van der Waals surface area contributed by atoms with Gasteiger partial charge in [-0.3, -0.25) is 14.0 Å². The molecule has 0 fully saturated rings. The number of fused-ring (bicyclic) bond motifs is 2. The Hall–Kier alpha value is -2.63. The fourth-order valence-electron chi connectivity index (χ4n) is 2.65. The molecule has 0 spiro atoms. The fraction of sp³-hybridized carbons (Fsp3) is 0.353. The summed E-state index contributed by atoms with van der Waals surface area (Å²) in [6.07, 6.45) is 2.54. The summed E-state index contributed by atoms with van der Waals surface area (Å²) in [7, 11) is 1.76. The van der Waals surface area contributed by atoms with Crippen LogP contribution in [-0.2, 0) is 7.05 Å². The lowest BCUT2D eigenvalue weighted by Gasteiger charge is -2.11. The molecule has 0 bridgehead atoms. The average Bonchev–Trinajstić information content (AvgIpc) is 2.86. The van der Waals surface area contributed by atoms with Crippen molar-refractivity contribution in [2.45, 2.75) is 33.2 Å². The molecule has 23 heavy (non-hydrogen) atoms. The van der Waals surface area contributed by atoms with Gasteiger partial charge >= 0.3 is 0 Å². The molecule has 0 aliphatic rings. The standard InChI is InChI=1S/C17H20N4O2/c1-5-11(3)18-16(22)13-9-12-15(20(13)4)19-14-10(2)7-6-8-21(14)17(12)23/h6-9,11H,5H2,1-4H3,(H,18,22)/t11-/m1/s1. The van der Waals surface area contributed by atoms with Crippen LogP contribution in [0, 0.1) is 6.92 Å². The first-order valence-corrected chi connectivity index (χ1v) is 7.72. The molecule has 3 aromatic heterocycles. The normalized spacial score (nSPS) is 12.7. The Bertz CT molecular complexity index is 968. The lowest BCUT2D eigenvalue weighted by atomic mass is 10.2. The van der Waals surface area contributed by atoms with Crippen molar-refractivity contribution in [3.8, 4) is 0 Å². The summed E-state index contributed by atoms with van der Waals surface area (Å²) in [6.45, 7) is 5.87. The SMILES string of the molecule is CC[C@@H](C)NC(=O)c1cc2c(=O)n3cccc(C)c3nc2n1C. The average molecular weight is 312 g/mol. The first-order valence-electron chi connectivity index (χ1n) is 7.72. The third kappa shape index (κ3) is 2.40. The van der Waals surface area contributed by atoms with Crippen LogP contribution in [0.2, 0.25) is 0 Å². The van der Waals surface area contributed by atoms with Crippen molar-refractivity contribution in [2.24, 2.45) is 7.05 Å². The summed E-state index contributed by atoms with van der Waals surface area (Å²) in [6, 6.07) is 5.43. The number of amides is 1. The van der Waals surface area contributed by atoms with Crippen LogP contribution in [0.3, 0.4) is 0 Å². The van der Waals surface area contributed by atoms with Gasteiger partial charge in [-0.05, 0) is 38.0 Å². The van der Waals surface area contributed by atoms with E-state index in [1.807, 2.05) is 32.9 Å². The van der Waals surface area contributed by atoms with E-state index in [-0.39, 0.29) is 17.5 Å². The molecule has 0 unspecified atom stereocenters. The number of pyridine rings is 1. The third-order valence-corrected chi connectivity index (χ3v) is 4.25. The molecule has 1 atom stereocenters. The van der Waals surface area contributed by atoms with Gasteiger partial charge in [-0.15, -0.1) is 0 Å². The molecule has 6 heteroatoms. The van der Waals surface area contributed by atoms with Gasteiger partial charge < -0.3 is 9.88 Å². The number of aromatic nitrogens is 3. The van der Waals surface area contributed by atoms with Crippen LogP contribution < -0.4 is 10.9 Å². The predicted molar refractivity (Wildman–Crippen MR) is 89.9 cm³/mol. The van der Waals surface area contributed by atoms with Gasteiger partial charge in [-0.1, -0.05) is 13.0 Å². The molecule has 0 radical (unpaired) electrons. The van der Waals surface area contributed by atoms with Crippen LogP contribution in [0.15, 0.2) is 29.2 Å². The van der Waals surface area contributed by atoms with E-state index in [0.29, 0.717) is 22.4 Å². The van der Waals surface area contributed by atoms with E-state index in [1.165, 1.54) is 4.40 Å². The molecule has 1 N–H and O–H groups in total. The van der Waals surface area contributed by atoms with Gasteiger partial charge in [0, 0.05) is 19.3 Å². The highest BCUT2D eigenvalue weighted by Gasteiger charge is 2.18. The van der Waals surface area contributed by atoms with E-state index in [9.17, 15) is 9.59 Å². The van der Waals surface area contributed by atoms with Gasteiger partial charge in [-0.25, -0.2) is 4.98 Å². The summed E-state index contributed by atoms with van der Waals surface area (Å²) in [5.74, 6) is -0.190. The second kappa shape index (κ2) is 5.53. The monoisotopic (exact) mass is 312 g/mol. The summed E-state index contributed by atoms with van der Waals surface area (Å²) in [4.78, 5) is 29.7. The predicted octanol–water partition coefficient (Wildman–Crippen LogP) is 2.02. The van der Waals surface area contributed by atoms with E-state index in [2.05, 4.69) is 10.3 Å². The fourth-order valence-corrected chi connectivity index (χ4v) is 2.65. The van der Waals surface area contributed by atoms with Gasteiger partial charge in [0.15, 0.2) is 0 Å². The van der Waals surface area contributed by atoms with Crippen LogP contribution in [0.4, 0.5) is 0 Å². The molecular formula is C17H20N4O2. The van der Waals surface area contributed by atoms with E-state index < -0.39 is 0 Å². The molecule has 1 amide bonds. The largest absolute Gasteiger partial charge is 0.348 e. The van der Waals surface area contributed by atoms with Crippen molar-refractivity contribution in [2.75, 3.05) is 0 Å². The van der Waals surface area contributed by atoms with Gasteiger partial charge in [0.2, 0.25) is 0 Å². The van der Waals surface area contributed by atoms with Crippen molar-refractivity contribution in [3.63, 3.8) is 0 Å². The van der Waals surface area contributed by atoms with Crippen molar-refractivity contribution >= 4 is 22.6 Å². The Morgan fingerprint density at radius 3 is 2.83 bits per heavy atom. The van der Waals surface area contributed by atoms with E-state index in [4.69, 9.17) is 0 Å². The highest BCUT2D eigenvalue weighted by atomic mass is 16.2. The van der Waals surface area contributed by atoms with Crippen LogP contribution in [0.25, 0.3) is 16.7 Å². The second-order valence-corrected chi connectivity index (χ2v) is 5.91. The number of aryl methyl sites for hydroxylation is 2. The summed E-state index contributed by atoms with van der Waals surface area (Å²) in [5.41, 5.74) is 2.34. The molecule has 0 aliphatic heterocycles. The lowest BCUT2D eigenvalue weighted by molar-refractivity contribution is 0.0931. The van der Waals surface area contributed by atoms with Gasteiger partial charge in [0.1, 0.15) is 17.0 Å². The molecule has 6 nitrogen and oxygen atoms in total. The number of nitrogens with zero attached hydrogens (tertiary/aromatic N) is 3.